The van der Waals surface area contributed by atoms with Crippen LogP contribution in [0.25, 0.3) is 0 Å². The molecule has 2 rings (SSSR count). The van der Waals surface area contributed by atoms with Crippen molar-refractivity contribution in [3.63, 3.8) is 0 Å². The molecule has 2 aromatic rings. The number of anilines is 1. The minimum atomic E-state index is -0.292. The maximum atomic E-state index is 13.4. The molecule has 1 unspecified atom stereocenters. The van der Waals surface area contributed by atoms with Gasteiger partial charge in [0.1, 0.15) is 5.82 Å². The predicted octanol–water partition coefficient (Wildman–Crippen LogP) is 4.08. The Bertz CT molecular complexity index is 658. The van der Waals surface area contributed by atoms with Crippen molar-refractivity contribution < 1.29 is 9.18 Å². The van der Waals surface area contributed by atoms with Crippen LogP contribution in [-0.2, 0) is 4.79 Å². The van der Waals surface area contributed by atoms with E-state index in [2.05, 4.69) is 10.6 Å². The smallest absolute Gasteiger partial charge is 0.239 e. The highest BCUT2D eigenvalue weighted by molar-refractivity contribution is 6.30. The zero-order valence-corrected chi connectivity index (χ0v) is 13.2. The van der Waals surface area contributed by atoms with E-state index in [9.17, 15) is 9.18 Å². The average Bonchev–Trinajstić information content (AvgIpc) is 2.49. The lowest BCUT2D eigenvalue weighted by Crippen LogP contribution is -2.32. The summed E-state index contributed by atoms with van der Waals surface area (Å²) in [5.74, 6) is -0.455. The fourth-order valence-electron chi connectivity index (χ4n) is 2.01. The molecule has 0 saturated heterocycles. The monoisotopic (exact) mass is 320 g/mol. The van der Waals surface area contributed by atoms with Gasteiger partial charge in [0.2, 0.25) is 5.91 Å². The van der Waals surface area contributed by atoms with E-state index in [1.54, 1.807) is 31.2 Å². The van der Waals surface area contributed by atoms with E-state index < -0.39 is 0 Å². The van der Waals surface area contributed by atoms with Crippen LogP contribution in [0.1, 0.15) is 24.1 Å². The molecular formula is C17H18ClFN2O. The van der Waals surface area contributed by atoms with E-state index in [0.717, 1.165) is 5.56 Å². The van der Waals surface area contributed by atoms with E-state index in [1.807, 2.05) is 19.1 Å². The summed E-state index contributed by atoms with van der Waals surface area (Å²) in [5, 5.41) is 6.44. The normalized spacial score (nSPS) is 11.8. The summed E-state index contributed by atoms with van der Waals surface area (Å²) in [6.45, 7) is 3.67. The van der Waals surface area contributed by atoms with Gasteiger partial charge in [-0.3, -0.25) is 4.79 Å². The summed E-state index contributed by atoms with van der Waals surface area (Å²) < 4.78 is 13.4. The van der Waals surface area contributed by atoms with Crippen molar-refractivity contribution in [2.24, 2.45) is 0 Å². The Balaban J connectivity index is 1.87. The van der Waals surface area contributed by atoms with Crippen LogP contribution < -0.4 is 10.6 Å². The standard InChI is InChI=1S/C17H18ClFN2O/c1-11-3-8-15(9-16(11)19)20-10-17(22)21-12(2)13-4-6-14(18)7-5-13/h3-9,12,20H,10H2,1-2H3,(H,21,22). The fraction of sp³-hybridized carbons (Fsp3) is 0.235. The Hall–Kier alpha value is -2.07. The largest absolute Gasteiger partial charge is 0.376 e. The zero-order chi connectivity index (χ0) is 16.1. The fourth-order valence-corrected chi connectivity index (χ4v) is 2.14. The number of rotatable bonds is 5. The number of hydrogen-bond acceptors (Lipinski definition) is 2. The van der Waals surface area contributed by atoms with Gasteiger partial charge < -0.3 is 10.6 Å². The van der Waals surface area contributed by atoms with Crippen LogP contribution in [0.3, 0.4) is 0 Å². The van der Waals surface area contributed by atoms with Crippen molar-refractivity contribution in [2.75, 3.05) is 11.9 Å². The molecule has 116 valence electrons. The van der Waals surface area contributed by atoms with Gasteiger partial charge in [-0.25, -0.2) is 4.39 Å². The van der Waals surface area contributed by atoms with Gasteiger partial charge in [0.25, 0.3) is 0 Å². The molecule has 0 spiro atoms. The maximum absolute atomic E-state index is 13.4. The first-order valence-electron chi connectivity index (χ1n) is 7.00. The van der Waals surface area contributed by atoms with Gasteiger partial charge in [-0.05, 0) is 49.2 Å². The minimum Gasteiger partial charge on any atom is -0.376 e. The maximum Gasteiger partial charge on any atom is 0.239 e. The lowest BCUT2D eigenvalue weighted by atomic mass is 10.1. The summed E-state index contributed by atoms with van der Waals surface area (Å²) in [6, 6.07) is 12.0. The van der Waals surface area contributed by atoms with Gasteiger partial charge in [0, 0.05) is 10.7 Å². The molecule has 0 aliphatic carbocycles. The molecule has 0 heterocycles. The highest BCUT2D eigenvalue weighted by atomic mass is 35.5. The SMILES string of the molecule is Cc1ccc(NCC(=O)NC(C)c2ccc(Cl)cc2)cc1F. The molecule has 3 nitrogen and oxygen atoms in total. The third kappa shape index (κ3) is 4.46. The van der Waals surface area contributed by atoms with Crippen LogP contribution in [0.2, 0.25) is 5.02 Å². The molecule has 1 atom stereocenters. The van der Waals surface area contributed by atoms with Gasteiger partial charge in [-0.1, -0.05) is 29.8 Å². The van der Waals surface area contributed by atoms with Crippen LogP contribution in [0, 0.1) is 12.7 Å². The molecule has 0 radical (unpaired) electrons. The number of benzene rings is 2. The minimum absolute atomic E-state index is 0.0838. The lowest BCUT2D eigenvalue weighted by Gasteiger charge is -2.15. The van der Waals surface area contributed by atoms with Crippen molar-refractivity contribution in [3.8, 4) is 0 Å². The number of nitrogens with one attached hydrogen (secondary N) is 2. The Kier molecular flexibility index (Phi) is 5.39. The van der Waals surface area contributed by atoms with Gasteiger partial charge in [-0.2, -0.15) is 0 Å². The summed E-state index contributed by atoms with van der Waals surface area (Å²) in [6.07, 6.45) is 0. The van der Waals surface area contributed by atoms with Gasteiger partial charge in [-0.15, -0.1) is 0 Å². The lowest BCUT2D eigenvalue weighted by molar-refractivity contribution is -0.120. The Morgan fingerprint density at radius 3 is 2.55 bits per heavy atom. The molecular weight excluding hydrogens is 303 g/mol. The van der Waals surface area contributed by atoms with E-state index in [1.165, 1.54) is 6.07 Å². The molecule has 0 aromatic heterocycles. The van der Waals surface area contributed by atoms with E-state index in [-0.39, 0.29) is 24.3 Å². The van der Waals surface area contributed by atoms with Gasteiger partial charge >= 0.3 is 0 Å². The quantitative estimate of drug-likeness (QED) is 0.871. The number of aryl methyl sites for hydroxylation is 1. The molecule has 0 bridgehead atoms. The van der Waals surface area contributed by atoms with Crippen LogP contribution in [0.4, 0.5) is 10.1 Å². The first-order chi connectivity index (χ1) is 10.5. The van der Waals surface area contributed by atoms with Crippen LogP contribution in [0.5, 0.6) is 0 Å². The van der Waals surface area contributed by atoms with Crippen molar-refractivity contribution in [1.82, 2.24) is 5.32 Å². The second-order valence-electron chi connectivity index (χ2n) is 5.16. The second kappa shape index (κ2) is 7.27. The number of carbonyl (C=O) groups excluding carboxylic acids is 1. The third-order valence-electron chi connectivity index (χ3n) is 3.37. The number of hydrogen-bond donors (Lipinski definition) is 2. The molecule has 0 saturated carbocycles. The first kappa shape index (κ1) is 16.3. The van der Waals surface area contributed by atoms with Crippen molar-refractivity contribution in [3.05, 3.63) is 64.4 Å². The summed E-state index contributed by atoms with van der Waals surface area (Å²) >= 11 is 5.84. The molecule has 0 aliphatic heterocycles. The number of carbonyl (C=O) groups is 1. The van der Waals surface area contributed by atoms with Crippen molar-refractivity contribution in [2.45, 2.75) is 19.9 Å². The van der Waals surface area contributed by atoms with Crippen molar-refractivity contribution >= 4 is 23.2 Å². The van der Waals surface area contributed by atoms with E-state index in [0.29, 0.717) is 16.3 Å². The van der Waals surface area contributed by atoms with Crippen molar-refractivity contribution in [1.29, 1.82) is 0 Å². The van der Waals surface area contributed by atoms with E-state index >= 15 is 0 Å². The van der Waals surface area contributed by atoms with Gasteiger partial charge in [0.05, 0.1) is 12.6 Å². The number of amides is 1. The van der Waals surface area contributed by atoms with E-state index in [4.69, 9.17) is 11.6 Å². The van der Waals surface area contributed by atoms with Crippen LogP contribution in [0.15, 0.2) is 42.5 Å². The van der Waals surface area contributed by atoms with Crippen LogP contribution >= 0.6 is 11.6 Å². The molecule has 1 amide bonds. The topological polar surface area (TPSA) is 41.1 Å². The zero-order valence-electron chi connectivity index (χ0n) is 12.5. The predicted molar refractivity (Wildman–Crippen MR) is 87.6 cm³/mol. The average molecular weight is 321 g/mol. The second-order valence-corrected chi connectivity index (χ2v) is 5.59. The molecule has 0 fully saturated rings. The molecule has 22 heavy (non-hydrogen) atoms. The Morgan fingerprint density at radius 1 is 1.23 bits per heavy atom. The Labute approximate surface area is 134 Å². The molecule has 5 heteroatoms. The third-order valence-corrected chi connectivity index (χ3v) is 3.62. The highest BCUT2D eigenvalue weighted by Crippen LogP contribution is 2.16. The molecule has 2 aromatic carbocycles. The first-order valence-corrected chi connectivity index (χ1v) is 7.38. The van der Waals surface area contributed by atoms with Crippen LogP contribution in [-0.4, -0.2) is 12.5 Å². The molecule has 2 N–H and O–H groups in total. The van der Waals surface area contributed by atoms with Gasteiger partial charge in [0.15, 0.2) is 0 Å². The summed E-state index contributed by atoms with van der Waals surface area (Å²) in [5.41, 5.74) is 2.13. The number of halogens is 2. The Morgan fingerprint density at radius 2 is 1.91 bits per heavy atom. The molecule has 0 aliphatic rings. The summed E-state index contributed by atoms with van der Waals surface area (Å²) in [4.78, 5) is 11.9. The summed E-state index contributed by atoms with van der Waals surface area (Å²) in [7, 11) is 0. The highest BCUT2D eigenvalue weighted by Gasteiger charge is 2.09.